The van der Waals surface area contributed by atoms with Crippen LogP contribution in [0, 0.1) is 0 Å². The van der Waals surface area contributed by atoms with Crippen LogP contribution < -0.4 is 0 Å². The molecule has 0 bridgehead atoms. The summed E-state index contributed by atoms with van der Waals surface area (Å²) in [5, 5.41) is 0. The zero-order chi connectivity index (χ0) is 15.5. The van der Waals surface area contributed by atoms with Crippen molar-refractivity contribution in [3.8, 4) is 0 Å². The molecule has 22 heavy (non-hydrogen) atoms. The standard InChI is InChI=1S/C19H20N2O/c1-20(2)19(22)17-14-21(13-15-9-5-3-6-10-15)18-12-8-4-7-11-16(17)18/h3-11,14H,12-13H2,1-2H3. The number of benzene rings is 1. The van der Waals surface area contributed by atoms with E-state index in [9.17, 15) is 4.79 Å². The quantitative estimate of drug-likeness (QED) is 0.851. The molecule has 1 heterocycles. The van der Waals surface area contributed by atoms with Gasteiger partial charge in [-0.1, -0.05) is 54.6 Å². The van der Waals surface area contributed by atoms with Crippen molar-refractivity contribution in [2.75, 3.05) is 14.1 Å². The number of hydrogen-bond acceptors (Lipinski definition) is 1. The third kappa shape index (κ3) is 2.75. The molecule has 0 N–H and O–H groups in total. The molecule has 3 heteroatoms. The van der Waals surface area contributed by atoms with Gasteiger partial charge < -0.3 is 9.47 Å². The molecule has 0 aliphatic heterocycles. The normalized spacial score (nSPS) is 12.8. The highest BCUT2D eigenvalue weighted by Crippen LogP contribution is 2.24. The van der Waals surface area contributed by atoms with Crippen LogP contribution in [0.25, 0.3) is 6.08 Å². The molecule has 112 valence electrons. The average Bonchev–Trinajstić information content (AvgIpc) is 2.71. The van der Waals surface area contributed by atoms with Crippen LogP contribution in [0.3, 0.4) is 0 Å². The molecule has 0 saturated heterocycles. The van der Waals surface area contributed by atoms with Crippen molar-refractivity contribution in [3.63, 3.8) is 0 Å². The molecule has 2 aromatic rings. The monoisotopic (exact) mass is 292 g/mol. The Kier molecular flexibility index (Phi) is 3.96. The molecule has 0 saturated carbocycles. The highest BCUT2D eigenvalue weighted by molar-refractivity contribution is 5.98. The summed E-state index contributed by atoms with van der Waals surface area (Å²) in [5.74, 6) is 0.0506. The highest BCUT2D eigenvalue weighted by Gasteiger charge is 2.20. The van der Waals surface area contributed by atoms with E-state index in [0.717, 1.165) is 24.1 Å². The van der Waals surface area contributed by atoms with Crippen LogP contribution in [0.15, 0.2) is 54.8 Å². The molecule has 0 unspecified atom stereocenters. The lowest BCUT2D eigenvalue weighted by Gasteiger charge is -2.09. The first-order chi connectivity index (χ1) is 10.7. The lowest BCUT2D eigenvalue weighted by Crippen LogP contribution is -2.21. The van der Waals surface area contributed by atoms with Gasteiger partial charge in [-0.2, -0.15) is 0 Å². The van der Waals surface area contributed by atoms with Crippen LogP contribution in [0.1, 0.15) is 27.2 Å². The molecule has 3 nitrogen and oxygen atoms in total. The number of nitrogens with zero attached hydrogens (tertiary/aromatic N) is 2. The third-order valence-corrected chi connectivity index (χ3v) is 3.89. The first kappa shape index (κ1) is 14.4. The zero-order valence-corrected chi connectivity index (χ0v) is 13.0. The number of aromatic nitrogens is 1. The molecular weight excluding hydrogens is 272 g/mol. The number of fused-ring (bicyclic) bond motifs is 1. The van der Waals surface area contributed by atoms with Gasteiger partial charge in [-0.25, -0.2) is 0 Å². The van der Waals surface area contributed by atoms with E-state index in [4.69, 9.17) is 0 Å². The minimum absolute atomic E-state index is 0.0506. The molecule has 1 aromatic carbocycles. The fraction of sp³-hybridized carbons (Fsp3) is 0.211. The van der Waals surface area contributed by atoms with Crippen molar-refractivity contribution in [1.82, 2.24) is 9.47 Å². The van der Waals surface area contributed by atoms with E-state index in [2.05, 4.69) is 22.8 Å². The topological polar surface area (TPSA) is 25.2 Å². The summed E-state index contributed by atoms with van der Waals surface area (Å²) in [6.45, 7) is 0.783. The molecule has 3 rings (SSSR count). The van der Waals surface area contributed by atoms with Gasteiger partial charge in [-0.05, 0) is 5.56 Å². The Balaban J connectivity index is 2.05. The maximum Gasteiger partial charge on any atom is 0.255 e. The number of rotatable bonds is 3. The lowest BCUT2D eigenvalue weighted by molar-refractivity contribution is 0.0827. The van der Waals surface area contributed by atoms with Crippen LogP contribution in [0.5, 0.6) is 0 Å². The van der Waals surface area contributed by atoms with E-state index < -0.39 is 0 Å². The minimum Gasteiger partial charge on any atom is -0.345 e. The van der Waals surface area contributed by atoms with Crippen LogP contribution in [-0.2, 0) is 13.0 Å². The maximum absolute atomic E-state index is 12.5. The van der Waals surface area contributed by atoms with E-state index in [1.165, 1.54) is 11.3 Å². The van der Waals surface area contributed by atoms with Crippen molar-refractivity contribution >= 4 is 12.0 Å². The summed E-state index contributed by atoms with van der Waals surface area (Å²) in [7, 11) is 3.59. The number of carbonyl (C=O) groups excluding carboxylic acids is 1. The van der Waals surface area contributed by atoms with Gasteiger partial charge in [-0.15, -0.1) is 0 Å². The van der Waals surface area contributed by atoms with Crippen LogP contribution >= 0.6 is 0 Å². The van der Waals surface area contributed by atoms with Crippen LogP contribution in [0.4, 0.5) is 0 Å². The van der Waals surface area contributed by atoms with Gasteiger partial charge in [-0.3, -0.25) is 4.79 Å². The van der Waals surface area contributed by atoms with Crippen molar-refractivity contribution < 1.29 is 4.79 Å². The number of allylic oxidation sites excluding steroid dienone is 3. The van der Waals surface area contributed by atoms with Gasteiger partial charge in [0.2, 0.25) is 0 Å². The van der Waals surface area contributed by atoms with Gasteiger partial charge in [0.1, 0.15) is 0 Å². The Hall–Kier alpha value is -2.55. The van der Waals surface area contributed by atoms with E-state index in [0.29, 0.717) is 0 Å². The van der Waals surface area contributed by atoms with E-state index >= 15 is 0 Å². The summed E-state index contributed by atoms with van der Waals surface area (Å²) < 4.78 is 2.20. The smallest absolute Gasteiger partial charge is 0.255 e. The zero-order valence-electron chi connectivity index (χ0n) is 13.0. The van der Waals surface area contributed by atoms with Crippen molar-refractivity contribution in [2.24, 2.45) is 0 Å². The Morgan fingerprint density at radius 1 is 1.18 bits per heavy atom. The SMILES string of the molecule is CN(C)C(=O)c1cn(Cc2ccccc2)c2c1C=CC=CC2. The Bertz CT molecular complexity index is 736. The maximum atomic E-state index is 12.5. The van der Waals surface area contributed by atoms with Crippen LogP contribution in [0.2, 0.25) is 0 Å². The first-order valence-electron chi connectivity index (χ1n) is 7.47. The van der Waals surface area contributed by atoms with Gasteiger partial charge in [0, 0.05) is 44.5 Å². The second-order valence-electron chi connectivity index (χ2n) is 5.71. The van der Waals surface area contributed by atoms with Crippen LogP contribution in [-0.4, -0.2) is 29.5 Å². The minimum atomic E-state index is 0.0506. The Morgan fingerprint density at radius 3 is 2.68 bits per heavy atom. The largest absolute Gasteiger partial charge is 0.345 e. The molecule has 1 amide bonds. The molecular formula is C19H20N2O. The molecule has 1 aliphatic carbocycles. The summed E-state index contributed by atoms with van der Waals surface area (Å²) >= 11 is 0. The molecule has 0 atom stereocenters. The van der Waals surface area contributed by atoms with Crippen molar-refractivity contribution in [3.05, 3.63) is 77.1 Å². The van der Waals surface area contributed by atoms with Gasteiger partial charge in [0.05, 0.1) is 5.56 Å². The number of carbonyl (C=O) groups is 1. The predicted octanol–water partition coefficient (Wildman–Crippen LogP) is 3.36. The van der Waals surface area contributed by atoms with E-state index in [1.54, 1.807) is 19.0 Å². The van der Waals surface area contributed by atoms with Gasteiger partial charge in [0.15, 0.2) is 0 Å². The summed E-state index contributed by atoms with van der Waals surface area (Å²) in [6.07, 6.45) is 11.0. The first-order valence-corrected chi connectivity index (χ1v) is 7.47. The molecule has 1 aliphatic rings. The van der Waals surface area contributed by atoms with Gasteiger partial charge >= 0.3 is 0 Å². The average molecular weight is 292 g/mol. The predicted molar refractivity (Wildman–Crippen MR) is 89.9 cm³/mol. The Labute approximate surface area is 131 Å². The Morgan fingerprint density at radius 2 is 1.95 bits per heavy atom. The molecule has 0 radical (unpaired) electrons. The number of hydrogen-bond donors (Lipinski definition) is 0. The molecule has 0 fully saturated rings. The summed E-state index contributed by atoms with van der Waals surface area (Å²) in [4.78, 5) is 14.1. The van der Waals surface area contributed by atoms with E-state index in [1.807, 2.05) is 42.6 Å². The number of amides is 1. The summed E-state index contributed by atoms with van der Waals surface area (Å²) in [6, 6.07) is 10.3. The van der Waals surface area contributed by atoms with Gasteiger partial charge in [0.25, 0.3) is 5.91 Å². The van der Waals surface area contributed by atoms with Crippen molar-refractivity contribution in [2.45, 2.75) is 13.0 Å². The lowest BCUT2D eigenvalue weighted by atomic mass is 10.1. The second kappa shape index (κ2) is 6.06. The van der Waals surface area contributed by atoms with E-state index in [-0.39, 0.29) is 5.91 Å². The fourth-order valence-corrected chi connectivity index (χ4v) is 2.77. The molecule has 1 aromatic heterocycles. The second-order valence-corrected chi connectivity index (χ2v) is 5.71. The summed E-state index contributed by atoms with van der Waals surface area (Å²) in [5.41, 5.74) is 4.25. The van der Waals surface area contributed by atoms with Crippen molar-refractivity contribution in [1.29, 1.82) is 0 Å². The molecule has 0 spiro atoms. The third-order valence-electron chi connectivity index (χ3n) is 3.89. The fourth-order valence-electron chi connectivity index (χ4n) is 2.77. The highest BCUT2D eigenvalue weighted by atomic mass is 16.2.